The quantitative estimate of drug-likeness (QED) is 0.801. The van der Waals surface area contributed by atoms with Gasteiger partial charge in [-0.15, -0.1) is 0 Å². The molecule has 0 fully saturated rings. The summed E-state index contributed by atoms with van der Waals surface area (Å²) in [5, 5.41) is 0.524. The van der Waals surface area contributed by atoms with Crippen molar-refractivity contribution in [3.63, 3.8) is 0 Å². The zero-order valence-electron chi connectivity index (χ0n) is 8.81. The van der Waals surface area contributed by atoms with Crippen molar-refractivity contribution >= 4 is 23.2 Å². The first-order valence-corrected chi connectivity index (χ1v) is 5.72. The fourth-order valence-electron chi connectivity index (χ4n) is 1.23. The van der Waals surface area contributed by atoms with E-state index in [-0.39, 0.29) is 16.3 Å². The standard InChI is InChI=1S/C11H9Cl2N3O/c12-9-7-10(13)16-11(15-9)17-6-4-8-3-1-2-5-14-8/h1-3,5,7H,4,6H2. The van der Waals surface area contributed by atoms with E-state index < -0.39 is 0 Å². The van der Waals surface area contributed by atoms with E-state index in [0.29, 0.717) is 13.0 Å². The zero-order valence-corrected chi connectivity index (χ0v) is 10.3. The predicted molar refractivity (Wildman–Crippen MR) is 65.5 cm³/mol. The Labute approximate surface area is 109 Å². The third-order valence-corrected chi connectivity index (χ3v) is 2.35. The average Bonchev–Trinajstić information content (AvgIpc) is 2.29. The smallest absolute Gasteiger partial charge is 0.319 e. The van der Waals surface area contributed by atoms with Gasteiger partial charge in [-0.05, 0) is 12.1 Å². The maximum Gasteiger partial charge on any atom is 0.319 e. The van der Waals surface area contributed by atoms with Crippen LogP contribution in [0.1, 0.15) is 5.69 Å². The highest BCUT2D eigenvalue weighted by Gasteiger charge is 2.03. The Hall–Kier alpha value is -1.39. The number of pyridine rings is 1. The van der Waals surface area contributed by atoms with E-state index in [9.17, 15) is 0 Å². The highest BCUT2D eigenvalue weighted by molar-refractivity contribution is 6.33. The summed E-state index contributed by atoms with van der Waals surface area (Å²) in [5.74, 6) is 0. The van der Waals surface area contributed by atoms with Gasteiger partial charge in [-0.25, -0.2) is 0 Å². The molecule has 0 bridgehead atoms. The van der Waals surface area contributed by atoms with Gasteiger partial charge in [0.25, 0.3) is 0 Å². The topological polar surface area (TPSA) is 47.9 Å². The molecular weight excluding hydrogens is 261 g/mol. The Morgan fingerprint density at radius 3 is 2.53 bits per heavy atom. The Morgan fingerprint density at radius 1 is 1.12 bits per heavy atom. The van der Waals surface area contributed by atoms with E-state index in [1.54, 1.807) is 6.20 Å². The number of halogens is 2. The minimum atomic E-state index is 0.179. The summed E-state index contributed by atoms with van der Waals surface area (Å²) in [6.45, 7) is 0.424. The molecule has 0 unspecified atom stereocenters. The zero-order chi connectivity index (χ0) is 12.1. The Balaban J connectivity index is 1.90. The highest BCUT2D eigenvalue weighted by atomic mass is 35.5. The normalized spacial score (nSPS) is 10.2. The van der Waals surface area contributed by atoms with E-state index in [4.69, 9.17) is 27.9 Å². The number of hydrogen-bond donors (Lipinski definition) is 0. The minimum absolute atomic E-state index is 0.179. The fraction of sp³-hybridized carbons (Fsp3) is 0.182. The number of nitrogens with zero attached hydrogens (tertiary/aromatic N) is 3. The second kappa shape index (κ2) is 5.80. The third kappa shape index (κ3) is 3.84. The first-order chi connectivity index (χ1) is 8.24. The van der Waals surface area contributed by atoms with Crippen LogP contribution in [0, 0.1) is 0 Å². The SMILES string of the molecule is Clc1cc(Cl)nc(OCCc2ccccn2)n1. The largest absolute Gasteiger partial charge is 0.463 e. The van der Waals surface area contributed by atoms with Crippen molar-refractivity contribution in [3.8, 4) is 6.01 Å². The molecule has 0 aliphatic carbocycles. The third-order valence-electron chi connectivity index (χ3n) is 1.96. The maximum atomic E-state index is 5.72. The molecule has 2 aromatic rings. The second-order valence-electron chi connectivity index (χ2n) is 3.22. The van der Waals surface area contributed by atoms with Crippen molar-refractivity contribution in [3.05, 3.63) is 46.5 Å². The molecular formula is C11H9Cl2N3O. The van der Waals surface area contributed by atoms with Gasteiger partial charge in [0, 0.05) is 24.4 Å². The molecule has 0 saturated heterocycles. The molecule has 2 aromatic heterocycles. The van der Waals surface area contributed by atoms with E-state index in [1.807, 2.05) is 18.2 Å². The molecule has 2 heterocycles. The highest BCUT2D eigenvalue weighted by Crippen LogP contribution is 2.15. The van der Waals surface area contributed by atoms with Gasteiger partial charge in [0.1, 0.15) is 10.3 Å². The maximum absolute atomic E-state index is 5.72. The summed E-state index contributed by atoms with van der Waals surface area (Å²) >= 11 is 11.4. The lowest BCUT2D eigenvalue weighted by molar-refractivity contribution is 0.295. The fourth-order valence-corrected chi connectivity index (χ4v) is 1.64. The van der Waals surface area contributed by atoms with Crippen LogP contribution in [0.5, 0.6) is 6.01 Å². The minimum Gasteiger partial charge on any atom is -0.463 e. The molecule has 2 rings (SSSR count). The van der Waals surface area contributed by atoms with Crippen molar-refractivity contribution in [2.75, 3.05) is 6.61 Å². The van der Waals surface area contributed by atoms with Crippen LogP contribution in [-0.4, -0.2) is 21.6 Å². The summed E-state index contributed by atoms with van der Waals surface area (Å²) in [7, 11) is 0. The molecule has 17 heavy (non-hydrogen) atoms. The van der Waals surface area contributed by atoms with Crippen LogP contribution in [0.3, 0.4) is 0 Å². The second-order valence-corrected chi connectivity index (χ2v) is 3.99. The lowest BCUT2D eigenvalue weighted by atomic mass is 10.3. The molecule has 0 N–H and O–H groups in total. The molecule has 0 spiro atoms. The first kappa shape index (κ1) is 12.1. The summed E-state index contributed by atoms with van der Waals surface area (Å²) in [5.41, 5.74) is 0.945. The molecule has 6 heteroatoms. The van der Waals surface area contributed by atoms with E-state index in [1.165, 1.54) is 6.07 Å². The van der Waals surface area contributed by atoms with Crippen molar-refractivity contribution in [1.82, 2.24) is 15.0 Å². The molecule has 4 nitrogen and oxygen atoms in total. The van der Waals surface area contributed by atoms with Crippen LogP contribution < -0.4 is 4.74 Å². The molecule has 0 atom stereocenters. The van der Waals surface area contributed by atoms with Gasteiger partial charge in [-0.1, -0.05) is 29.3 Å². The molecule has 0 radical (unpaired) electrons. The van der Waals surface area contributed by atoms with E-state index in [0.717, 1.165) is 5.69 Å². The van der Waals surface area contributed by atoms with Gasteiger partial charge < -0.3 is 4.74 Å². The summed E-state index contributed by atoms with van der Waals surface area (Å²) < 4.78 is 5.34. The molecule has 0 amide bonds. The van der Waals surface area contributed by atoms with E-state index in [2.05, 4.69) is 15.0 Å². The summed E-state index contributed by atoms with van der Waals surface area (Å²) in [4.78, 5) is 12.0. The van der Waals surface area contributed by atoms with Crippen molar-refractivity contribution < 1.29 is 4.74 Å². The van der Waals surface area contributed by atoms with Crippen LogP contribution in [0.25, 0.3) is 0 Å². The van der Waals surface area contributed by atoms with Gasteiger partial charge in [-0.2, -0.15) is 9.97 Å². The monoisotopic (exact) mass is 269 g/mol. The number of ether oxygens (including phenoxy) is 1. The van der Waals surface area contributed by atoms with Crippen molar-refractivity contribution in [1.29, 1.82) is 0 Å². The Morgan fingerprint density at radius 2 is 1.88 bits per heavy atom. The van der Waals surface area contributed by atoms with Gasteiger partial charge in [0.15, 0.2) is 0 Å². The number of aromatic nitrogens is 3. The molecule has 0 saturated carbocycles. The molecule has 0 aliphatic heterocycles. The van der Waals surface area contributed by atoms with Crippen molar-refractivity contribution in [2.45, 2.75) is 6.42 Å². The number of hydrogen-bond acceptors (Lipinski definition) is 4. The Bertz CT molecular complexity index is 473. The molecule has 0 aromatic carbocycles. The molecule has 88 valence electrons. The average molecular weight is 270 g/mol. The van der Waals surface area contributed by atoms with Crippen LogP contribution in [0.4, 0.5) is 0 Å². The van der Waals surface area contributed by atoms with Crippen LogP contribution in [-0.2, 0) is 6.42 Å². The van der Waals surface area contributed by atoms with Gasteiger partial charge >= 0.3 is 6.01 Å². The van der Waals surface area contributed by atoms with Crippen LogP contribution in [0.2, 0.25) is 10.3 Å². The van der Waals surface area contributed by atoms with Crippen LogP contribution >= 0.6 is 23.2 Å². The lowest BCUT2D eigenvalue weighted by Gasteiger charge is -2.04. The number of rotatable bonds is 4. The van der Waals surface area contributed by atoms with Crippen LogP contribution in [0.15, 0.2) is 30.5 Å². The first-order valence-electron chi connectivity index (χ1n) is 4.97. The van der Waals surface area contributed by atoms with E-state index >= 15 is 0 Å². The van der Waals surface area contributed by atoms with Gasteiger partial charge in [0.2, 0.25) is 0 Å². The summed E-state index contributed by atoms with van der Waals surface area (Å²) in [6.07, 6.45) is 2.41. The van der Waals surface area contributed by atoms with Gasteiger partial charge in [0.05, 0.1) is 6.61 Å². The van der Waals surface area contributed by atoms with Crippen molar-refractivity contribution in [2.24, 2.45) is 0 Å². The Kier molecular flexibility index (Phi) is 4.12. The molecule has 0 aliphatic rings. The lowest BCUT2D eigenvalue weighted by Crippen LogP contribution is -2.05. The predicted octanol–water partition coefficient (Wildman–Crippen LogP) is 2.80. The van der Waals surface area contributed by atoms with Gasteiger partial charge in [-0.3, -0.25) is 4.98 Å². The summed E-state index contributed by atoms with van der Waals surface area (Å²) in [6, 6.07) is 7.35.